The van der Waals surface area contributed by atoms with Gasteiger partial charge in [0.15, 0.2) is 11.5 Å². The fourth-order valence-corrected chi connectivity index (χ4v) is 4.18. The quantitative estimate of drug-likeness (QED) is 0.182. The van der Waals surface area contributed by atoms with E-state index >= 15 is 0 Å². The summed E-state index contributed by atoms with van der Waals surface area (Å²) < 4.78 is 5.21. The molecule has 0 aliphatic rings. The van der Waals surface area contributed by atoms with Crippen LogP contribution < -0.4 is 4.74 Å². The van der Waals surface area contributed by atoms with Gasteiger partial charge in [0, 0.05) is 16.7 Å². The average Bonchev–Trinajstić information content (AvgIpc) is 2.68. The molecule has 150 valence electrons. The number of benzene rings is 2. The summed E-state index contributed by atoms with van der Waals surface area (Å²) in [6.45, 7) is 3.20. The molecule has 0 saturated carbocycles. The number of phenolic OH excluding ortho intramolecular Hbond substituents is 1. The molecule has 0 aliphatic carbocycles. The molecule has 0 unspecified atom stereocenters. The van der Waals surface area contributed by atoms with Gasteiger partial charge in [-0.25, -0.2) is 4.79 Å². The highest BCUT2D eigenvalue weighted by atomic mass is 35.5. The van der Waals surface area contributed by atoms with Gasteiger partial charge in [0.25, 0.3) is 0 Å². The summed E-state index contributed by atoms with van der Waals surface area (Å²) >= 11 is 49.6. The SMILES string of the molecule is CC=C(C)C(=O)Oc1c(Cl)c(Cl)c(-c2c(Cl)c(Cl)c(O)c(Cl)c2Cl)c(Cl)c1Cl. The van der Waals surface area contributed by atoms with Gasteiger partial charge in [0.05, 0.1) is 20.1 Å². The Bertz CT molecular complexity index is 972. The second kappa shape index (κ2) is 9.28. The molecule has 0 heterocycles. The van der Waals surface area contributed by atoms with Crippen molar-refractivity contribution < 1.29 is 14.6 Å². The van der Waals surface area contributed by atoms with Gasteiger partial charge in [0.2, 0.25) is 0 Å². The first-order chi connectivity index (χ1) is 12.9. The zero-order chi connectivity index (χ0) is 21.5. The van der Waals surface area contributed by atoms with Crippen molar-refractivity contribution in [1.29, 1.82) is 0 Å². The monoisotopic (exact) mass is 540 g/mol. The van der Waals surface area contributed by atoms with Gasteiger partial charge >= 0.3 is 5.97 Å². The zero-order valence-corrected chi connectivity index (χ0v) is 19.9. The maximum Gasteiger partial charge on any atom is 0.338 e. The molecule has 2 aromatic rings. The molecule has 0 radical (unpaired) electrons. The van der Waals surface area contributed by atoms with Crippen molar-refractivity contribution >= 4 is 98.8 Å². The standard InChI is InChI=1S/C17H8Cl8O3/c1-3-4(2)17(27)28-16-13(24)9(20)6(10(21)14(16)25)5-7(18)11(22)15(26)12(23)8(5)19/h3,26H,1-2H3. The number of rotatable bonds is 3. The average molecular weight is 544 g/mol. The number of carbonyl (C=O) groups is 1. The van der Waals surface area contributed by atoms with Crippen LogP contribution in [0.1, 0.15) is 13.8 Å². The molecule has 2 aromatic carbocycles. The lowest BCUT2D eigenvalue weighted by molar-refractivity contribution is -0.130. The van der Waals surface area contributed by atoms with Crippen molar-refractivity contribution in [2.24, 2.45) is 0 Å². The first kappa shape index (κ1) is 24.0. The maximum absolute atomic E-state index is 12.1. The fourth-order valence-electron chi connectivity index (χ4n) is 2.05. The number of carbonyl (C=O) groups excluding carboxylic acids is 1. The molecule has 3 nitrogen and oxygen atoms in total. The molecule has 0 aromatic heterocycles. The molecule has 1 N–H and O–H groups in total. The zero-order valence-electron chi connectivity index (χ0n) is 13.9. The van der Waals surface area contributed by atoms with Crippen LogP contribution in [0.4, 0.5) is 0 Å². The van der Waals surface area contributed by atoms with E-state index in [1.807, 2.05) is 0 Å². The lowest BCUT2D eigenvalue weighted by atomic mass is 10.0. The Hall–Kier alpha value is -0.230. The first-order valence-electron chi connectivity index (χ1n) is 7.21. The minimum atomic E-state index is -0.696. The van der Waals surface area contributed by atoms with Crippen LogP contribution in [0, 0.1) is 0 Å². The number of ether oxygens (including phenoxy) is 1. The van der Waals surface area contributed by atoms with E-state index in [2.05, 4.69) is 0 Å². The van der Waals surface area contributed by atoms with Gasteiger partial charge in [0.1, 0.15) is 20.1 Å². The highest BCUT2D eigenvalue weighted by Crippen LogP contribution is 2.56. The third-order valence-corrected chi connectivity index (χ3v) is 7.02. The Labute approximate surface area is 200 Å². The van der Waals surface area contributed by atoms with Gasteiger partial charge in [-0.1, -0.05) is 98.9 Å². The number of phenols is 1. The molecular weight excluding hydrogens is 536 g/mol. The number of esters is 1. The largest absolute Gasteiger partial charge is 0.505 e. The molecule has 0 aliphatic heterocycles. The van der Waals surface area contributed by atoms with Crippen molar-refractivity contribution in [3.8, 4) is 22.6 Å². The van der Waals surface area contributed by atoms with E-state index in [1.165, 1.54) is 0 Å². The van der Waals surface area contributed by atoms with Gasteiger partial charge < -0.3 is 9.84 Å². The highest BCUT2D eigenvalue weighted by Gasteiger charge is 2.29. The second-order valence-electron chi connectivity index (χ2n) is 5.30. The van der Waals surface area contributed by atoms with E-state index in [9.17, 15) is 9.90 Å². The second-order valence-corrected chi connectivity index (χ2v) is 8.32. The summed E-state index contributed by atoms with van der Waals surface area (Å²) in [5, 5.41) is 8.22. The molecule has 28 heavy (non-hydrogen) atoms. The summed E-state index contributed by atoms with van der Waals surface area (Å²) in [6.07, 6.45) is 1.54. The van der Waals surface area contributed by atoms with Crippen LogP contribution in [-0.4, -0.2) is 11.1 Å². The summed E-state index contributed by atoms with van der Waals surface area (Å²) in [6, 6.07) is 0. The van der Waals surface area contributed by atoms with Crippen LogP contribution in [0.15, 0.2) is 11.6 Å². The van der Waals surface area contributed by atoms with Gasteiger partial charge in [-0.2, -0.15) is 0 Å². The fraction of sp³-hybridized carbons (Fsp3) is 0.118. The third-order valence-electron chi connectivity index (χ3n) is 3.66. The Balaban J connectivity index is 2.83. The van der Waals surface area contributed by atoms with Gasteiger partial charge in [-0.05, 0) is 13.8 Å². The highest BCUT2D eigenvalue weighted by molar-refractivity contribution is 6.55. The summed E-state index contributed by atoms with van der Waals surface area (Å²) in [5.41, 5.74) is 0.309. The van der Waals surface area contributed by atoms with Crippen molar-refractivity contribution in [3.63, 3.8) is 0 Å². The van der Waals surface area contributed by atoms with E-state index in [0.29, 0.717) is 5.57 Å². The van der Waals surface area contributed by atoms with E-state index < -0.39 is 11.7 Å². The normalized spacial score (nSPS) is 11.7. The van der Waals surface area contributed by atoms with E-state index in [-0.39, 0.29) is 57.1 Å². The van der Waals surface area contributed by atoms with Crippen LogP contribution >= 0.6 is 92.8 Å². The van der Waals surface area contributed by atoms with Crippen LogP contribution in [-0.2, 0) is 4.79 Å². The molecule has 0 bridgehead atoms. The smallest absolute Gasteiger partial charge is 0.338 e. The number of aromatic hydroxyl groups is 1. The van der Waals surface area contributed by atoms with E-state index in [0.717, 1.165) is 0 Å². The molecule has 0 fully saturated rings. The molecule has 11 heteroatoms. The summed E-state index contributed by atoms with van der Waals surface area (Å²) in [5.74, 6) is -1.45. The maximum atomic E-state index is 12.1. The van der Waals surface area contributed by atoms with Crippen molar-refractivity contribution in [3.05, 3.63) is 51.8 Å². The predicted molar refractivity (Wildman–Crippen MR) is 119 cm³/mol. The summed E-state index contributed by atoms with van der Waals surface area (Å²) in [7, 11) is 0. The lowest BCUT2D eigenvalue weighted by Gasteiger charge is -2.19. The third kappa shape index (κ3) is 4.14. The van der Waals surface area contributed by atoms with Crippen LogP contribution in [0.2, 0.25) is 40.2 Å². The molecule has 0 spiro atoms. The predicted octanol–water partition coefficient (Wildman–Crippen LogP) is 9.16. The number of hydrogen-bond donors (Lipinski definition) is 1. The van der Waals surface area contributed by atoms with E-state index in [1.54, 1.807) is 19.9 Å². The van der Waals surface area contributed by atoms with Gasteiger partial charge in [-0.15, -0.1) is 0 Å². The number of halogens is 8. The summed E-state index contributed by atoms with van der Waals surface area (Å²) in [4.78, 5) is 12.1. The van der Waals surface area contributed by atoms with Crippen LogP contribution in [0.25, 0.3) is 11.1 Å². The molecule has 0 atom stereocenters. The molecule has 0 saturated heterocycles. The Morgan fingerprint density at radius 2 is 1.11 bits per heavy atom. The molecule has 2 rings (SSSR count). The topological polar surface area (TPSA) is 46.5 Å². The minimum absolute atomic E-state index is 0.000289. The number of hydrogen-bond acceptors (Lipinski definition) is 3. The first-order valence-corrected chi connectivity index (χ1v) is 10.2. The Kier molecular flexibility index (Phi) is 7.97. The van der Waals surface area contributed by atoms with Crippen LogP contribution in [0.5, 0.6) is 11.5 Å². The van der Waals surface area contributed by atoms with E-state index in [4.69, 9.17) is 97.5 Å². The van der Waals surface area contributed by atoms with Crippen molar-refractivity contribution in [2.45, 2.75) is 13.8 Å². The molecule has 0 amide bonds. The van der Waals surface area contributed by atoms with Gasteiger partial charge in [-0.3, -0.25) is 0 Å². The number of allylic oxidation sites excluding steroid dienone is 1. The molecular formula is C17H8Cl8O3. The van der Waals surface area contributed by atoms with Crippen molar-refractivity contribution in [1.82, 2.24) is 0 Å². The Morgan fingerprint density at radius 3 is 1.46 bits per heavy atom. The van der Waals surface area contributed by atoms with Crippen molar-refractivity contribution in [2.75, 3.05) is 0 Å². The van der Waals surface area contributed by atoms with Crippen LogP contribution in [0.3, 0.4) is 0 Å². The lowest BCUT2D eigenvalue weighted by Crippen LogP contribution is -2.10. The minimum Gasteiger partial charge on any atom is -0.505 e. The Morgan fingerprint density at radius 1 is 0.750 bits per heavy atom.